The van der Waals surface area contributed by atoms with Crippen molar-refractivity contribution >= 4 is 5.97 Å². The zero-order valence-corrected chi connectivity index (χ0v) is 10.5. The molecule has 0 aliphatic heterocycles. The van der Waals surface area contributed by atoms with E-state index in [2.05, 4.69) is 20.8 Å². The molecule has 0 aromatic heterocycles. The van der Waals surface area contributed by atoms with Gasteiger partial charge in [0, 0.05) is 6.04 Å². The normalized spacial score (nSPS) is 13.5. The molecule has 3 heteroatoms. The van der Waals surface area contributed by atoms with Crippen LogP contribution in [0.25, 0.3) is 0 Å². The van der Waals surface area contributed by atoms with Crippen LogP contribution >= 0.6 is 0 Å². The lowest BCUT2D eigenvalue weighted by atomic mass is 10.0. The van der Waals surface area contributed by atoms with E-state index in [4.69, 9.17) is 5.11 Å². The number of aliphatic carboxylic acids is 1. The van der Waals surface area contributed by atoms with E-state index in [9.17, 15) is 4.79 Å². The summed E-state index contributed by atoms with van der Waals surface area (Å²) in [4.78, 5) is 13.2. The lowest BCUT2D eigenvalue weighted by molar-refractivity contribution is -0.144. The maximum atomic E-state index is 11.1. The minimum absolute atomic E-state index is 0.310. The monoisotopic (exact) mass is 215 g/mol. The molecule has 90 valence electrons. The standard InChI is InChI=1S/C12H25NO2/c1-5-8-9-11(12(14)15)13(4)10(6-2)7-3/h10-11H,5-9H2,1-4H3,(H,14,15). The molecule has 0 aromatic rings. The SMILES string of the molecule is CCCCC(C(=O)O)N(C)C(CC)CC. The first-order chi connectivity index (χ1) is 7.08. The van der Waals surface area contributed by atoms with Gasteiger partial charge in [0.25, 0.3) is 0 Å². The van der Waals surface area contributed by atoms with Crippen molar-refractivity contribution in [1.82, 2.24) is 4.90 Å². The van der Waals surface area contributed by atoms with Crippen molar-refractivity contribution in [3.05, 3.63) is 0 Å². The fourth-order valence-corrected chi connectivity index (χ4v) is 2.02. The lowest BCUT2D eigenvalue weighted by Gasteiger charge is -2.31. The molecule has 3 nitrogen and oxygen atoms in total. The Labute approximate surface area is 93.5 Å². The molecule has 1 atom stereocenters. The van der Waals surface area contributed by atoms with E-state index in [0.29, 0.717) is 6.04 Å². The fraction of sp³-hybridized carbons (Fsp3) is 0.917. The molecule has 0 saturated heterocycles. The second kappa shape index (κ2) is 7.69. The number of unbranched alkanes of at least 4 members (excludes halogenated alkanes) is 1. The van der Waals surface area contributed by atoms with Gasteiger partial charge >= 0.3 is 5.97 Å². The molecule has 15 heavy (non-hydrogen) atoms. The van der Waals surface area contributed by atoms with Crippen molar-refractivity contribution in [3.63, 3.8) is 0 Å². The predicted molar refractivity (Wildman–Crippen MR) is 63.1 cm³/mol. The van der Waals surface area contributed by atoms with Crippen molar-refractivity contribution in [2.45, 2.75) is 65.0 Å². The molecule has 1 N–H and O–H groups in total. The van der Waals surface area contributed by atoms with E-state index >= 15 is 0 Å². The van der Waals surface area contributed by atoms with Gasteiger partial charge in [0.05, 0.1) is 0 Å². The van der Waals surface area contributed by atoms with Crippen LogP contribution in [-0.4, -0.2) is 35.1 Å². The molecule has 1 unspecified atom stereocenters. The van der Waals surface area contributed by atoms with Crippen LogP contribution in [0.4, 0.5) is 0 Å². The molecule has 0 spiro atoms. The van der Waals surface area contributed by atoms with Crippen molar-refractivity contribution < 1.29 is 9.90 Å². The van der Waals surface area contributed by atoms with Gasteiger partial charge in [-0.15, -0.1) is 0 Å². The Balaban J connectivity index is 4.38. The third kappa shape index (κ3) is 4.65. The van der Waals surface area contributed by atoms with E-state index in [1.54, 1.807) is 0 Å². The average Bonchev–Trinajstić information content (AvgIpc) is 2.19. The van der Waals surface area contributed by atoms with E-state index in [1.807, 2.05) is 11.9 Å². The third-order valence-electron chi connectivity index (χ3n) is 3.13. The van der Waals surface area contributed by atoms with Gasteiger partial charge in [-0.2, -0.15) is 0 Å². The summed E-state index contributed by atoms with van der Waals surface area (Å²) in [7, 11) is 1.94. The number of rotatable bonds is 8. The molecule has 0 aromatic carbocycles. The molecular weight excluding hydrogens is 190 g/mol. The van der Waals surface area contributed by atoms with Gasteiger partial charge in [0.1, 0.15) is 6.04 Å². The summed E-state index contributed by atoms with van der Waals surface area (Å²) < 4.78 is 0. The van der Waals surface area contributed by atoms with E-state index in [0.717, 1.165) is 32.1 Å². The van der Waals surface area contributed by atoms with E-state index in [-0.39, 0.29) is 6.04 Å². The van der Waals surface area contributed by atoms with Gasteiger partial charge in [0.2, 0.25) is 0 Å². The summed E-state index contributed by atoms with van der Waals surface area (Å²) in [6.07, 6.45) is 4.84. The Morgan fingerprint density at radius 2 is 1.80 bits per heavy atom. The summed E-state index contributed by atoms with van der Waals surface area (Å²) in [6.45, 7) is 6.32. The predicted octanol–water partition coefficient (Wildman–Crippen LogP) is 2.75. The fourth-order valence-electron chi connectivity index (χ4n) is 2.02. The molecular formula is C12H25NO2. The van der Waals surface area contributed by atoms with Gasteiger partial charge in [-0.1, -0.05) is 33.6 Å². The van der Waals surface area contributed by atoms with Crippen LogP contribution in [0.3, 0.4) is 0 Å². The highest BCUT2D eigenvalue weighted by atomic mass is 16.4. The highest BCUT2D eigenvalue weighted by molar-refractivity contribution is 5.73. The smallest absolute Gasteiger partial charge is 0.320 e. The second-order valence-electron chi connectivity index (χ2n) is 4.13. The van der Waals surface area contributed by atoms with E-state index in [1.165, 1.54) is 0 Å². The van der Waals surface area contributed by atoms with Crippen LogP contribution in [0.5, 0.6) is 0 Å². The van der Waals surface area contributed by atoms with Gasteiger partial charge in [0.15, 0.2) is 0 Å². The van der Waals surface area contributed by atoms with Crippen molar-refractivity contribution in [2.24, 2.45) is 0 Å². The minimum atomic E-state index is -0.683. The Morgan fingerprint density at radius 1 is 1.27 bits per heavy atom. The zero-order valence-electron chi connectivity index (χ0n) is 10.5. The number of hydrogen-bond acceptors (Lipinski definition) is 2. The van der Waals surface area contributed by atoms with Gasteiger partial charge in [-0.25, -0.2) is 0 Å². The maximum Gasteiger partial charge on any atom is 0.320 e. The van der Waals surface area contributed by atoms with Gasteiger partial charge in [-0.3, -0.25) is 9.69 Å². The molecule has 0 saturated carbocycles. The minimum Gasteiger partial charge on any atom is -0.480 e. The number of hydrogen-bond donors (Lipinski definition) is 1. The summed E-state index contributed by atoms with van der Waals surface area (Å²) in [6, 6.07) is 0.0813. The zero-order chi connectivity index (χ0) is 11.8. The molecule has 0 heterocycles. The van der Waals surface area contributed by atoms with Crippen molar-refractivity contribution in [1.29, 1.82) is 0 Å². The third-order valence-corrected chi connectivity index (χ3v) is 3.13. The second-order valence-corrected chi connectivity index (χ2v) is 4.13. The van der Waals surface area contributed by atoms with Crippen molar-refractivity contribution in [3.8, 4) is 0 Å². The van der Waals surface area contributed by atoms with Crippen molar-refractivity contribution in [2.75, 3.05) is 7.05 Å². The first kappa shape index (κ1) is 14.4. The molecule has 0 bridgehead atoms. The number of carbonyl (C=O) groups is 1. The summed E-state index contributed by atoms with van der Waals surface area (Å²) >= 11 is 0. The summed E-state index contributed by atoms with van der Waals surface area (Å²) in [5, 5.41) is 9.17. The molecule has 0 rings (SSSR count). The summed E-state index contributed by atoms with van der Waals surface area (Å²) in [5.74, 6) is -0.683. The number of nitrogens with zero attached hydrogens (tertiary/aromatic N) is 1. The lowest BCUT2D eigenvalue weighted by Crippen LogP contribution is -2.44. The number of carboxylic acid groups (broad SMARTS) is 1. The molecule has 0 amide bonds. The maximum absolute atomic E-state index is 11.1. The van der Waals surface area contributed by atoms with Gasteiger partial charge < -0.3 is 5.11 Å². The average molecular weight is 215 g/mol. The van der Waals surface area contributed by atoms with Crippen LogP contribution in [0.1, 0.15) is 52.9 Å². The number of likely N-dealkylation sites (N-methyl/N-ethyl adjacent to an activating group) is 1. The number of carboxylic acids is 1. The van der Waals surface area contributed by atoms with Crippen LogP contribution in [0, 0.1) is 0 Å². The van der Waals surface area contributed by atoms with E-state index < -0.39 is 5.97 Å². The highest BCUT2D eigenvalue weighted by Crippen LogP contribution is 2.15. The Bertz CT molecular complexity index is 178. The van der Waals surface area contributed by atoms with Gasteiger partial charge in [-0.05, 0) is 26.3 Å². The Hall–Kier alpha value is -0.570. The highest BCUT2D eigenvalue weighted by Gasteiger charge is 2.25. The molecule has 0 aliphatic rings. The Morgan fingerprint density at radius 3 is 2.13 bits per heavy atom. The molecule has 0 fully saturated rings. The summed E-state index contributed by atoms with van der Waals surface area (Å²) in [5.41, 5.74) is 0. The Kier molecular flexibility index (Phi) is 7.39. The van der Waals surface area contributed by atoms with Crippen LogP contribution in [0.15, 0.2) is 0 Å². The largest absolute Gasteiger partial charge is 0.480 e. The topological polar surface area (TPSA) is 40.5 Å². The molecule has 0 radical (unpaired) electrons. The first-order valence-corrected chi connectivity index (χ1v) is 6.03. The van der Waals surface area contributed by atoms with Crippen LogP contribution in [-0.2, 0) is 4.79 Å². The molecule has 0 aliphatic carbocycles. The van der Waals surface area contributed by atoms with Crippen LogP contribution in [0.2, 0.25) is 0 Å². The quantitative estimate of drug-likeness (QED) is 0.677. The first-order valence-electron chi connectivity index (χ1n) is 6.03. The van der Waals surface area contributed by atoms with Crippen LogP contribution < -0.4 is 0 Å².